The Labute approximate surface area is 98.2 Å². The molecule has 1 saturated carbocycles. The van der Waals surface area contributed by atoms with Crippen LogP contribution in [0.4, 0.5) is 0 Å². The van der Waals surface area contributed by atoms with E-state index in [1.807, 2.05) is 0 Å². The average Bonchev–Trinajstić information content (AvgIpc) is 3.00. The molecule has 0 spiro atoms. The van der Waals surface area contributed by atoms with Gasteiger partial charge in [-0.1, -0.05) is 0 Å². The second-order valence-corrected chi connectivity index (χ2v) is 4.22. The number of carbonyl (C=O) groups is 2. The zero-order valence-corrected chi connectivity index (χ0v) is 9.71. The molecule has 1 heterocycles. The number of carbonyl (C=O) groups excluding carboxylic acids is 1. The van der Waals surface area contributed by atoms with Gasteiger partial charge in [-0.3, -0.25) is 4.79 Å². The van der Waals surface area contributed by atoms with E-state index in [1.54, 1.807) is 6.92 Å². The normalized spacial score (nSPS) is 16.6. The summed E-state index contributed by atoms with van der Waals surface area (Å²) < 4.78 is 5.02. The van der Waals surface area contributed by atoms with Crippen LogP contribution in [0.5, 0.6) is 0 Å². The molecule has 92 valence electrons. The van der Waals surface area contributed by atoms with Crippen LogP contribution in [0.3, 0.4) is 0 Å². The van der Waals surface area contributed by atoms with Crippen molar-refractivity contribution in [2.45, 2.75) is 38.8 Å². The van der Waals surface area contributed by atoms with Crippen molar-refractivity contribution in [3.8, 4) is 0 Å². The smallest absolute Gasteiger partial charge is 0.326 e. The number of nitrogens with zero attached hydrogens (tertiary/aromatic N) is 2. The summed E-state index contributed by atoms with van der Waals surface area (Å²) in [5, 5.41) is 9.00. The van der Waals surface area contributed by atoms with Crippen molar-refractivity contribution in [2.75, 3.05) is 0 Å². The lowest BCUT2D eigenvalue weighted by Gasteiger charge is -2.25. The van der Waals surface area contributed by atoms with E-state index in [4.69, 9.17) is 9.52 Å². The van der Waals surface area contributed by atoms with Gasteiger partial charge in [-0.15, -0.1) is 0 Å². The fourth-order valence-corrected chi connectivity index (χ4v) is 1.75. The number of carboxylic acids is 1. The molecule has 1 aliphatic carbocycles. The van der Waals surface area contributed by atoms with Crippen LogP contribution < -0.4 is 0 Å². The van der Waals surface area contributed by atoms with Crippen LogP contribution in [0.1, 0.15) is 36.0 Å². The maximum Gasteiger partial charge on any atom is 0.326 e. The van der Waals surface area contributed by atoms with E-state index in [2.05, 4.69) is 4.98 Å². The minimum absolute atomic E-state index is 0.0121. The van der Waals surface area contributed by atoms with Crippen molar-refractivity contribution in [3.63, 3.8) is 0 Å². The number of hydrogen-bond acceptors (Lipinski definition) is 4. The highest BCUT2D eigenvalue weighted by Crippen LogP contribution is 2.30. The Kier molecular flexibility index (Phi) is 2.87. The molecule has 0 radical (unpaired) electrons. The SMILES string of the molecule is Cc1ncoc1C(=O)N(C1CC1)C(C)C(=O)O. The van der Waals surface area contributed by atoms with Gasteiger partial charge in [0.05, 0.1) is 5.69 Å². The molecule has 1 aromatic rings. The van der Waals surface area contributed by atoms with Crippen LogP contribution in [0.25, 0.3) is 0 Å². The van der Waals surface area contributed by atoms with E-state index in [1.165, 1.54) is 18.2 Å². The zero-order valence-electron chi connectivity index (χ0n) is 9.71. The Hall–Kier alpha value is -1.85. The summed E-state index contributed by atoms with van der Waals surface area (Å²) in [6.45, 7) is 3.16. The minimum atomic E-state index is -1.01. The molecule has 17 heavy (non-hydrogen) atoms. The Bertz CT molecular complexity index is 450. The van der Waals surface area contributed by atoms with Crippen molar-refractivity contribution in [1.29, 1.82) is 0 Å². The van der Waals surface area contributed by atoms with E-state index in [0.29, 0.717) is 5.69 Å². The molecule has 0 bridgehead atoms. The second-order valence-electron chi connectivity index (χ2n) is 4.22. The third kappa shape index (κ3) is 2.15. The molecule has 1 unspecified atom stereocenters. The number of aromatic nitrogens is 1. The molecule has 0 aromatic carbocycles. The van der Waals surface area contributed by atoms with Crippen molar-refractivity contribution < 1.29 is 19.1 Å². The van der Waals surface area contributed by atoms with Gasteiger partial charge >= 0.3 is 5.97 Å². The Morgan fingerprint density at radius 3 is 2.65 bits per heavy atom. The largest absolute Gasteiger partial charge is 0.480 e. The second kappa shape index (κ2) is 4.20. The Balaban J connectivity index is 2.25. The maximum absolute atomic E-state index is 12.2. The first-order valence-corrected chi connectivity index (χ1v) is 5.48. The summed E-state index contributed by atoms with van der Waals surface area (Å²) in [4.78, 5) is 28.4. The molecule has 1 N–H and O–H groups in total. The van der Waals surface area contributed by atoms with Gasteiger partial charge in [0.15, 0.2) is 6.39 Å². The van der Waals surface area contributed by atoms with Gasteiger partial charge in [0, 0.05) is 6.04 Å². The molecule has 6 heteroatoms. The van der Waals surface area contributed by atoms with Gasteiger partial charge < -0.3 is 14.4 Å². The average molecular weight is 238 g/mol. The topological polar surface area (TPSA) is 83.6 Å². The third-order valence-corrected chi connectivity index (χ3v) is 2.89. The third-order valence-electron chi connectivity index (χ3n) is 2.89. The molecule has 0 saturated heterocycles. The lowest BCUT2D eigenvalue weighted by atomic mass is 10.2. The highest BCUT2D eigenvalue weighted by molar-refractivity contribution is 5.95. The maximum atomic E-state index is 12.2. The van der Waals surface area contributed by atoms with E-state index in [9.17, 15) is 9.59 Å². The molecular weight excluding hydrogens is 224 g/mol. The van der Waals surface area contributed by atoms with Crippen molar-refractivity contribution in [1.82, 2.24) is 9.88 Å². The zero-order chi connectivity index (χ0) is 12.6. The molecule has 1 aromatic heterocycles. The van der Waals surface area contributed by atoms with Crippen LogP contribution in [0.2, 0.25) is 0 Å². The van der Waals surface area contributed by atoms with E-state index < -0.39 is 17.9 Å². The molecule has 6 nitrogen and oxygen atoms in total. The van der Waals surface area contributed by atoms with Gasteiger partial charge in [-0.05, 0) is 26.7 Å². The number of rotatable bonds is 4. The van der Waals surface area contributed by atoms with Gasteiger partial charge in [-0.2, -0.15) is 0 Å². The first-order valence-electron chi connectivity index (χ1n) is 5.48. The quantitative estimate of drug-likeness (QED) is 0.847. The number of carboxylic acid groups (broad SMARTS) is 1. The molecule has 1 amide bonds. The van der Waals surface area contributed by atoms with Crippen LogP contribution in [0.15, 0.2) is 10.8 Å². The van der Waals surface area contributed by atoms with Crippen molar-refractivity contribution in [2.24, 2.45) is 0 Å². The monoisotopic (exact) mass is 238 g/mol. The van der Waals surface area contributed by atoms with E-state index in [0.717, 1.165) is 12.8 Å². The van der Waals surface area contributed by atoms with Crippen LogP contribution in [-0.4, -0.2) is 39.0 Å². The van der Waals surface area contributed by atoms with Crippen LogP contribution >= 0.6 is 0 Å². The molecule has 1 atom stereocenters. The van der Waals surface area contributed by atoms with Crippen LogP contribution in [-0.2, 0) is 4.79 Å². The standard InChI is InChI=1S/C11H14N2O4/c1-6-9(17-5-12-6)10(14)13(8-3-4-8)7(2)11(15)16/h5,7-8H,3-4H2,1-2H3,(H,15,16). The fourth-order valence-electron chi connectivity index (χ4n) is 1.75. The summed E-state index contributed by atoms with van der Waals surface area (Å²) in [7, 11) is 0. The molecule has 1 fully saturated rings. The summed E-state index contributed by atoms with van der Waals surface area (Å²) in [5.41, 5.74) is 0.484. The van der Waals surface area contributed by atoms with Gasteiger partial charge in [-0.25, -0.2) is 9.78 Å². The van der Waals surface area contributed by atoms with Crippen molar-refractivity contribution in [3.05, 3.63) is 17.8 Å². The van der Waals surface area contributed by atoms with E-state index in [-0.39, 0.29) is 11.8 Å². The predicted octanol–water partition coefficient (Wildman–Crippen LogP) is 1.06. The lowest BCUT2D eigenvalue weighted by Crippen LogP contribution is -2.44. The van der Waals surface area contributed by atoms with E-state index >= 15 is 0 Å². The molecular formula is C11H14N2O4. The predicted molar refractivity (Wildman–Crippen MR) is 57.5 cm³/mol. The van der Waals surface area contributed by atoms with Crippen LogP contribution in [0, 0.1) is 6.92 Å². The number of oxazole rings is 1. The summed E-state index contributed by atoms with van der Waals surface area (Å²) in [5.74, 6) is -1.27. The number of hydrogen-bond donors (Lipinski definition) is 1. The lowest BCUT2D eigenvalue weighted by molar-refractivity contribution is -0.141. The number of aryl methyl sites for hydroxylation is 1. The number of amides is 1. The summed E-state index contributed by atoms with van der Waals surface area (Å²) >= 11 is 0. The molecule has 1 aliphatic rings. The first kappa shape index (κ1) is 11.6. The van der Waals surface area contributed by atoms with Crippen molar-refractivity contribution >= 4 is 11.9 Å². The van der Waals surface area contributed by atoms with Gasteiger partial charge in [0.25, 0.3) is 5.91 Å². The van der Waals surface area contributed by atoms with Gasteiger partial charge in [0.2, 0.25) is 5.76 Å². The highest BCUT2D eigenvalue weighted by atomic mass is 16.4. The molecule has 2 rings (SSSR count). The van der Waals surface area contributed by atoms with Gasteiger partial charge in [0.1, 0.15) is 6.04 Å². The minimum Gasteiger partial charge on any atom is -0.480 e. The summed E-state index contributed by atoms with van der Waals surface area (Å²) in [6.07, 6.45) is 2.88. The first-order chi connectivity index (χ1) is 8.02. The Morgan fingerprint density at radius 1 is 1.59 bits per heavy atom. The summed E-state index contributed by atoms with van der Waals surface area (Å²) in [6, 6.07) is -0.836. The number of aliphatic carboxylic acids is 1. The molecule has 0 aliphatic heterocycles. The Morgan fingerprint density at radius 2 is 2.24 bits per heavy atom. The fraction of sp³-hybridized carbons (Fsp3) is 0.545. The highest BCUT2D eigenvalue weighted by Gasteiger charge is 2.40.